The molecule has 3 aromatic carbocycles. The van der Waals surface area contributed by atoms with Crippen molar-refractivity contribution < 1.29 is 13.2 Å². The summed E-state index contributed by atoms with van der Waals surface area (Å²) in [5, 5.41) is 0. The molecule has 0 bridgehead atoms. The van der Waals surface area contributed by atoms with Crippen LogP contribution in [0.3, 0.4) is 0 Å². The van der Waals surface area contributed by atoms with Gasteiger partial charge in [0.15, 0.2) is 0 Å². The normalized spacial score (nSPS) is 11.5. The van der Waals surface area contributed by atoms with Gasteiger partial charge in [0.2, 0.25) is 0 Å². The molecule has 0 aliphatic heterocycles. The highest BCUT2D eigenvalue weighted by molar-refractivity contribution is 7.98. The maximum atomic E-state index is 12.7. The quantitative estimate of drug-likeness (QED) is 0.469. The van der Waals surface area contributed by atoms with E-state index in [-0.39, 0.29) is 0 Å². The first kappa shape index (κ1) is 17.6. The van der Waals surface area contributed by atoms with Crippen molar-refractivity contribution in [1.29, 1.82) is 0 Å². The monoisotopic (exact) mass is 358 g/mol. The summed E-state index contributed by atoms with van der Waals surface area (Å²) in [5.41, 5.74) is 3.56. The molecule has 3 aromatic rings. The van der Waals surface area contributed by atoms with Gasteiger partial charge in [0.25, 0.3) is 0 Å². The van der Waals surface area contributed by atoms with Crippen LogP contribution in [0.15, 0.2) is 77.7 Å². The van der Waals surface area contributed by atoms with E-state index in [1.54, 1.807) is 23.9 Å². The molecule has 0 radical (unpaired) electrons. The van der Waals surface area contributed by atoms with E-state index in [0.29, 0.717) is 6.42 Å². The summed E-state index contributed by atoms with van der Waals surface area (Å²) in [6.07, 6.45) is -1.67. The number of benzene rings is 3. The second-order valence-electron chi connectivity index (χ2n) is 5.76. The van der Waals surface area contributed by atoms with Crippen molar-refractivity contribution in [2.75, 3.05) is 6.26 Å². The molecule has 0 aromatic heterocycles. The Hall–Kier alpha value is -2.20. The molecule has 0 spiro atoms. The van der Waals surface area contributed by atoms with Gasteiger partial charge in [-0.15, -0.1) is 11.8 Å². The van der Waals surface area contributed by atoms with E-state index in [2.05, 4.69) is 24.3 Å². The van der Waals surface area contributed by atoms with Gasteiger partial charge >= 0.3 is 6.18 Å². The van der Waals surface area contributed by atoms with Gasteiger partial charge in [-0.05, 0) is 59.2 Å². The van der Waals surface area contributed by atoms with E-state index in [0.717, 1.165) is 34.4 Å². The number of halogens is 3. The molecule has 0 aliphatic rings. The highest BCUT2D eigenvalue weighted by Crippen LogP contribution is 2.31. The number of alkyl halides is 3. The van der Waals surface area contributed by atoms with E-state index in [1.165, 1.54) is 4.90 Å². The number of hydrogen-bond acceptors (Lipinski definition) is 1. The second kappa shape index (κ2) is 7.36. The van der Waals surface area contributed by atoms with Crippen LogP contribution in [-0.2, 0) is 12.6 Å². The lowest BCUT2D eigenvalue weighted by molar-refractivity contribution is -0.137. The third-order valence-corrected chi connectivity index (χ3v) is 4.84. The minimum absolute atomic E-state index is 0.596. The number of thioether (sulfide) groups is 1. The Balaban J connectivity index is 1.88. The molecule has 0 saturated heterocycles. The molecule has 3 rings (SSSR count). The van der Waals surface area contributed by atoms with Crippen LogP contribution in [0.2, 0.25) is 0 Å². The summed E-state index contributed by atoms with van der Waals surface area (Å²) >= 11 is 1.69. The minimum Gasteiger partial charge on any atom is -0.166 e. The summed E-state index contributed by atoms with van der Waals surface area (Å²) in [6, 6.07) is 21.7. The van der Waals surface area contributed by atoms with Gasteiger partial charge in [-0.1, -0.05) is 48.5 Å². The fourth-order valence-electron chi connectivity index (χ4n) is 2.76. The third kappa shape index (κ3) is 4.26. The summed E-state index contributed by atoms with van der Waals surface area (Å²) in [4.78, 5) is 1.20. The van der Waals surface area contributed by atoms with E-state index >= 15 is 0 Å². The molecule has 128 valence electrons. The Morgan fingerprint density at radius 3 is 2.04 bits per heavy atom. The first-order valence-electron chi connectivity index (χ1n) is 7.86. The zero-order valence-corrected chi connectivity index (χ0v) is 14.5. The Kier molecular flexibility index (Phi) is 5.19. The molecule has 0 nitrogen and oxygen atoms in total. The lowest BCUT2D eigenvalue weighted by Crippen LogP contribution is -2.04. The van der Waals surface area contributed by atoms with Gasteiger partial charge in [-0.25, -0.2) is 0 Å². The highest BCUT2D eigenvalue weighted by atomic mass is 32.2. The molecule has 25 heavy (non-hydrogen) atoms. The lowest BCUT2D eigenvalue weighted by atomic mass is 9.94. The van der Waals surface area contributed by atoms with E-state index in [1.807, 2.05) is 30.5 Å². The fraction of sp³-hybridized carbons (Fsp3) is 0.143. The topological polar surface area (TPSA) is 0 Å². The summed E-state index contributed by atoms with van der Waals surface area (Å²) in [7, 11) is 0. The largest absolute Gasteiger partial charge is 0.416 e. The molecular weight excluding hydrogens is 341 g/mol. The highest BCUT2D eigenvalue weighted by Gasteiger charge is 2.29. The van der Waals surface area contributed by atoms with E-state index in [9.17, 15) is 13.2 Å². The Labute approximate surface area is 149 Å². The van der Waals surface area contributed by atoms with Crippen LogP contribution in [0.25, 0.3) is 11.1 Å². The summed E-state index contributed by atoms with van der Waals surface area (Å²) in [6.45, 7) is 0. The summed E-state index contributed by atoms with van der Waals surface area (Å²) in [5.74, 6) is 0. The fourth-order valence-corrected chi connectivity index (χ4v) is 3.17. The van der Waals surface area contributed by atoms with Crippen molar-refractivity contribution in [2.45, 2.75) is 17.5 Å². The van der Waals surface area contributed by atoms with Gasteiger partial charge < -0.3 is 0 Å². The number of hydrogen-bond donors (Lipinski definition) is 0. The first-order valence-corrected chi connectivity index (χ1v) is 9.08. The zero-order chi connectivity index (χ0) is 17.9. The van der Waals surface area contributed by atoms with Crippen LogP contribution >= 0.6 is 11.8 Å². The van der Waals surface area contributed by atoms with Gasteiger partial charge in [0.1, 0.15) is 0 Å². The molecule has 0 unspecified atom stereocenters. The minimum atomic E-state index is -4.30. The van der Waals surface area contributed by atoms with Crippen LogP contribution in [0, 0.1) is 0 Å². The Morgan fingerprint density at radius 1 is 0.800 bits per heavy atom. The van der Waals surface area contributed by atoms with Crippen molar-refractivity contribution in [2.24, 2.45) is 0 Å². The maximum Gasteiger partial charge on any atom is 0.416 e. The van der Waals surface area contributed by atoms with Crippen LogP contribution < -0.4 is 0 Å². The van der Waals surface area contributed by atoms with Crippen molar-refractivity contribution in [1.82, 2.24) is 0 Å². The molecule has 0 N–H and O–H groups in total. The van der Waals surface area contributed by atoms with Crippen LogP contribution in [-0.4, -0.2) is 6.26 Å². The van der Waals surface area contributed by atoms with Crippen LogP contribution in [0.1, 0.15) is 16.7 Å². The van der Waals surface area contributed by atoms with Gasteiger partial charge in [-0.2, -0.15) is 13.2 Å². The smallest absolute Gasteiger partial charge is 0.166 e. The molecule has 0 heterocycles. The molecule has 0 atom stereocenters. The average Bonchev–Trinajstić information content (AvgIpc) is 2.62. The third-order valence-electron chi connectivity index (χ3n) is 4.09. The summed E-state index contributed by atoms with van der Waals surface area (Å²) < 4.78 is 38.1. The average molecular weight is 358 g/mol. The molecule has 0 aliphatic carbocycles. The van der Waals surface area contributed by atoms with Crippen molar-refractivity contribution in [3.8, 4) is 11.1 Å². The van der Waals surface area contributed by atoms with Gasteiger partial charge in [0, 0.05) is 4.90 Å². The SMILES string of the molecule is CSc1ccc(-c2ccccc2Cc2ccc(C(F)(F)F)cc2)cc1. The standard InChI is InChI=1S/C21H17F3S/c1-25-19-12-8-16(9-13-19)20-5-3-2-4-17(20)14-15-6-10-18(11-7-15)21(22,23)24/h2-13H,14H2,1H3. The predicted molar refractivity (Wildman–Crippen MR) is 97.9 cm³/mol. The van der Waals surface area contributed by atoms with Crippen molar-refractivity contribution in [3.63, 3.8) is 0 Å². The van der Waals surface area contributed by atoms with Gasteiger partial charge in [-0.3, -0.25) is 0 Å². The molecule has 0 amide bonds. The Bertz CT molecular complexity index is 834. The van der Waals surface area contributed by atoms with Gasteiger partial charge in [0.05, 0.1) is 5.56 Å². The zero-order valence-electron chi connectivity index (χ0n) is 13.7. The van der Waals surface area contributed by atoms with Crippen molar-refractivity contribution in [3.05, 3.63) is 89.5 Å². The second-order valence-corrected chi connectivity index (χ2v) is 6.64. The maximum absolute atomic E-state index is 12.7. The van der Waals surface area contributed by atoms with Crippen LogP contribution in [0.5, 0.6) is 0 Å². The molecular formula is C21H17F3S. The predicted octanol–water partition coefficient (Wildman–Crippen LogP) is 6.69. The molecule has 0 fully saturated rings. The van der Waals surface area contributed by atoms with Crippen LogP contribution in [0.4, 0.5) is 13.2 Å². The molecule has 4 heteroatoms. The Morgan fingerprint density at radius 2 is 1.44 bits per heavy atom. The van der Waals surface area contributed by atoms with E-state index in [4.69, 9.17) is 0 Å². The number of rotatable bonds is 4. The van der Waals surface area contributed by atoms with Crippen molar-refractivity contribution >= 4 is 11.8 Å². The first-order chi connectivity index (χ1) is 12.0. The van der Waals surface area contributed by atoms with E-state index < -0.39 is 11.7 Å². The lowest BCUT2D eigenvalue weighted by Gasteiger charge is -2.12. The molecule has 0 saturated carbocycles.